The molecule has 100 valence electrons. The molecule has 0 saturated heterocycles. The molecule has 1 aliphatic rings. The molecular weight excluding hydrogens is 268 g/mol. The zero-order valence-corrected chi connectivity index (χ0v) is 12.3. The molecule has 1 aromatic carbocycles. The summed E-state index contributed by atoms with van der Waals surface area (Å²) < 4.78 is 0. The minimum Gasteiger partial charge on any atom is -0.287 e. The van der Waals surface area contributed by atoms with Gasteiger partial charge in [0.1, 0.15) is 11.8 Å². The number of nitriles is 1. The van der Waals surface area contributed by atoms with Gasteiger partial charge in [-0.05, 0) is 23.8 Å². The van der Waals surface area contributed by atoms with E-state index in [1.807, 2.05) is 38.1 Å². The van der Waals surface area contributed by atoms with Crippen LogP contribution >= 0.6 is 11.8 Å². The Bertz CT molecular complexity index is 693. The number of thioether (sulfide) groups is 1. The molecule has 1 aliphatic carbocycles. The molecule has 0 N–H and O–H groups in total. The molecule has 3 nitrogen and oxygen atoms in total. The van der Waals surface area contributed by atoms with Crippen LogP contribution in [0.4, 0.5) is 0 Å². The summed E-state index contributed by atoms with van der Waals surface area (Å²) in [5.74, 6) is 0.686. The van der Waals surface area contributed by atoms with Crippen LogP contribution in [0.1, 0.15) is 29.8 Å². The molecule has 0 bridgehead atoms. The van der Waals surface area contributed by atoms with Crippen molar-refractivity contribution in [2.45, 2.75) is 13.8 Å². The summed E-state index contributed by atoms with van der Waals surface area (Å²) >= 11 is 1.45. The summed E-state index contributed by atoms with van der Waals surface area (Å²) in [6.07, 6.45) is 0. The van der Waals surface area contributed by atoms with E-state index in [9.17, 15) is 10.1 Å². The number of hydrogen-bond acceptors (Lipinski definition) is 4. The summed E-state index contributed by atoms with van der Waals surface area (Å²) in [4.78, 5) is 17.2. The van der Waals surface area contributed by atoms with Crippen LogP contribution in [0.2, 0.25) is 0 Å². The highest BCUT2D eigenvalue weighted by Crippen LogP contribution is 2.33. The predicted molar refractivity (Wildman–Crippen MR) is 83.7 cm³/mol. The first-order valence-electron chi connectivity index (χ1n) is 6.26. The average molecular weight is 282 g/mol. The number of allylic oxidation sites excluding steroid dienone is 3. The van der Waals surface area contributed by atoms with E-state index in [2.05, 4.69) is 11.6 Å². The molecule has 0 radical (unpaired) electrons. The fourth-order valence-electron chi connectivity index (χ4n) is 2.07. The molecule has 0 saturated carbocycles. The molecule has 0 aliphatic heterocycles. The van der Waals surface area contributed by atoms with Crippen molar-refractivity contribution >= 4 is 28.8 Å². The lowest BCUT2D eigenvalue weighted by Crippen LogP contribution is -2.02. The van der Waals surface area contributed by atoms with Gasteiger partial charge in [0.15, 0.2) is 5.71 Å². The molecule has 0 spiro atoms. The van der Waals surface area contributed by atoms with E-state index < -0.39 is 0 Å². The largest absolute Gasteiger partial charge is 0.287 e. The van der Waals surface area contributed by atoms with Crippen molar-refractivity contribution in [1.82, 2.24) is 0 Å². The number of rotatable bonds is 4. The van der Waals surface area contributed by atoms with Gasteiger partial charge in [-0.25, -0.2) is 4.99 Å². The Morgan fingerprint density at radius 1 is 1.40 bits per heavy atom. The predicted octanol–water partition coefficient (Wildman–Crippen LogP) is 3.85. The van der Waals surface area contributed by atoms with E-state index >= 15 is 0 Å². The van der Waals surface area contributed by atoms with Crippen LogP contribution in [-0.2, 0) is 0 Å². The Morgan fingerprint density at radius 2 is 2.05 bits per heavy atom. The first-order chi connectivity index (χ1) is 9.60. The molecule has 0 heterocycles. The Morgan fingerprint density at radius 3 is 2.60 bits per heavy atom. The van der Waals surface area contributed by atoms with Crippen LogP contribution in [0.25, 0.3) is 5.57 Å². The summed E-state index contributed by atoms with van der Waals surface area (Å²) in [5, 5.41) is 9.18. The molecule has 0 aromatic heterocycles. The lowest BCUT2D eigenvalue weighted by Gasteiger charge is -2.01. The van der Waals surface area contributed by atoms with Gasteiger partial charge in [-0.2, -0.15) is 5.26 Å². The lowest BCUT2D eigenvalue weighted by molar-refractivity contribution is 0.103. The second-order valence-electron chi connectivity index (χ2n) is 4.28. The number of Topliss-reactive ketones (excluding diaryl/α,β-unsaturated/α-hetero) is 1. The molecule has 4 heteroatoms. The number of carbonyl (C=O) groups is 1. The molecule has 0 atom stereocenters. The normalized spacial score (nSPS) is 14.2. The van der Waals surface area contributed by atoms with Gasteiger partial charge in [0.05, 0.1) is 0 Å². The van der Waals surface area contributed by atoms with Gasteiger partial charge in [-0.15, -0.1) is 11.8 Å². The molecule has 0 unspecified atom stereocenters. The minimum absolute atomic E-state index is 0.125. The first kappa shape index (κ1) is 14.3. The SMILES string of the molecule is C=C(SCC)C(C#N)=NC1=C(C)c2ccccc2C1=O. The second-order valence-corrected chi connectivity index (χ2v) is 5.64. The van der Waals surface area contributed by atoms with Crippen molar-refractivity contribution < 1.29 is 4.79 Å². The monoisotopic (exact) mass is 282 g/mol. The van der Waals surface area contributed by atoms with E-state index in [0.29, 0.717) is 16.2 Å². The highest BCUT2D eigenvalue weighted by molar-refractivity contribution is 8.04. The summed E-state index contributed by atoms with van der Waals surface area (Å²) in [7, 11) is 0. The van der Waals surface area contributed by atoms with Crippen LogP contribution in [0.5, 0.6) is 0 Å². The number of fused-ring (bicyclic) bond motifs is 1. The molecule has 0 amide bonds. The standard InChI is InChI=1S/C16H14N2OS/c1-4-20-11(3)14(9-17)18-15-10(2)12-7-5-6-8-13(12)16(15)19/h5-8H,3-4H2,1-2H3. The van der Waals surface area contributed by atoms with Crippen LogP contribution < -0.4 is 0 Å². The Balaban J connectivity index is 2.45. The van der Waals surface area contributed by atoms with Gasteiger partial charge in [0.2, 0.25) is 5.78 Å². The Kier molecular flexibility index (Phi) is 4.21. The topological polar surface area (TPSA) is 53.2 Å². The number of ketones is 1. The third-order valence-corrected chi connectivity index (χ3v) is 3.89. The van der Waals surface area contributed by atoms with Crippen molar-refractivity contribution in [2.24, 2.45) is 4.99 Å². The zero-order chi connectivity index (χ0) is 14.7. The van der Waals surface area contributed by atoms with Gasteiger partial charge < -0.3 is 0 Å². The zero-order valence-electron chi connectivity index (χ0n) is 11.4. The van der Waals surface area contributed by atoms with E-state index in [1.54, 1.807) is 6.07 Å². The molecule has 0 fully saturated rings. The maximum atomic E-state index is 12.3. The maximum Gasteiger partial charge on any atom is 0.212 e. The average Bonchev–Trinajstić information content (AvgIpc) is 2.69. The Labute approximate surface area is 122 Å². The second kappa shape index (κ2) is 5.89. The first-order valence-corrected chi connectivity index (χ1v) is 7.24. The number of hydrogen-bond donors (Lipinski definition) is 0. The Hall–Kier alpha value is -2.12. The number of aliphatic imine (C=N–C) groups is 1. The molecule has 1 aromatic rings. The van der Waals surface area contributed by atoms with Crippen molar-refractivity contribution in [3.8, 4) is 6.07 Å². The maximum absolute atomic E-state index is 12.3. The van der Waals surface area contributed by atoms with Crippen molar-refractivity contribution in [1.29, 1.82) is 5.26 Å². The van der Waals surface area contributed by atoms with E-state index in [0.717, 1.165) is 16.9 Å². The van der Waals surface area contributed by atoms with E-state index in [4.69, 9.17) is 0 Å². The summed E-state index contributed by atoms with van der Waals surface area (Å²) in [6, 6.07) is 9.42. The van der Waals surface area contributed by atoms with Gasteiger partial charge in [-0.1, -0.05) is 37.8 Å². The van der Waals surface area contributed by atoms with E-state index in [-0.39, 0.29) is 11.5 Å². The van der Waals surface area contributed by atoms with Crippen molar-refractivity contribution in [3.63, 3.8) is 0 Å². The highest BCUT2D eigenvalue weighted by Gasteiger charge is 2.27. The molecular formula is C16H14N2OS. The van der Waals surface area contributed by atoms with Gasteiger partial charge in [0, 0.05) is 10.5 Å². The summed E-state index contributed by atoms with van der Waals surface area (Å²) in [5.41, 5.74) is 2.91. The van der Waals surface area contributed by atoms with Crippen molar-refractivity contribution in [3.05, 3.63) is 52.6 Å². The fraction of sp³-hybridized carbons (Fsp3) is 0.188. The van der Waals surface area contributed by atoms with Gasteiger partial charge in [-0.3, -0.25) is 4.79 Å². The third-order valence-electron chi connectivity index (χ3n) is 3.06. The van der Waals surface area contributed by atoms with Crippen LogP contribution in [0.3, 0.4) is 0 Å². The summed E-state index contributed by atoms with van der Waals surface area (Å²) in [6.45, 7) is 7.67. The van der Waals surface area contributed by atoms with Gasteiger partial charge in [0.25, 0.3) is 0 Å². The fourth-order valence-corrected chi connectivity index (χ4v) is 2.65. The number of carbonyl (C=O) groups excluding carboxylic acids is 1. The van der Waals surface area contributed by atoms with Crippen LogP contribution in [-0.4, -0.2) is 17.2 Å². The van der Waals surface area contributed by atoms with Crippen LogP contribution in [0.15, 0.2) is 46.4 Å². The third kappa shape index (κ3) is 2.45. The highest BCUT2D eigenvalue weighted by atomic mass is 32.2. The van der Waals surface area contributed by atoms with Gasteiger partial charge >= 0.3 is 0 Å². The van der Waals surface area contributed by atoms with E-state index in [1.165, 1.54) is 11.8 Å². The van der Waals surface area contributed by atoms with Crippen molar-refractivity contribution in [2.75, 3.05) is 5.75 Å². The minimum atomic E-state index is -0.125. The smallest absolute Gasteiger partial charge is 0.212 e. The molecule has 2 rings (SSSR count). The number of benzene rings is 1. The molecule has 20 heavy (non-hydrogen) atoms. The number of nitrogens with zero attached hydrogens (tertiary/aromatic N) is 2. The lowest BCUT2D eigenvalue weighted by atomic mass is 10.1. The quantitative estimate of drug-likeness (QED) is 0.788. The van der Waals surface area contributed by atoms with Crippen LogP contribution in [0, 0.1) is 11.3 Å².